The number of rotatable bonds is 5. The smallest absolute Gasteiger partial charge is 0.338 e. The second-order valence-corrected chi connectivity index (χ2v) is 5.84. The maximum Gasteiger partial charge on any atom is 0.338 e. The molecule has 0 aromatic heterocycles. The number of esters is 2. The minimum absolute atomic E-state index is 0.161. The minimum Gasteiger partial charge on any atom is -0.459 e. The van der Waals surface area contributed by atoms with Gasteiger partial charge in [-0.15, -0.1) is 0 Å². The Balaban J connectivity index is 1.56. The van der Waals surface area contributed by atoms with Gasteiger partial charge in [0.1, 0.15) is 12.7 Å². The maximum atomic E-state index is 12.1. The van der Waals surface area contributed by atoms with Gasteiger partial charge in [0, 0.05) is 0 Å². The SMILES string of the molecule is N[C@@H]1[C@@H](COC(=O)c2ccccc2)OC(O)[C@@H]1OC(=O)c1ccccc1. The first-order chi connectivity index (χ1) is 12.6. The van der Waals surface area contributed by atoms with Crippen LogP contribution in [-0.2, 0) is 14.2 Å². The number of nitrogens with two attached hydrogens (primary N) is 1. The summed E-state index contributed by atoms with van der Waals surface area (Å²) in [5.74, 6) is -1.14. The van der Waals surface area contributed by atoms with E-state index in [0.717, 1.165) is 0 Å². The zero-order valence-corrected chi connectivity index (χ0v) is 13.9. The van der Waals surface area contributed by atoms with Crippen LogP contribution in [0.25, 0.3) is 0 Å². The molecule has 2 aromatic carbocycles. The molecule has 1 heterocycles. The van der Waals surface area contributed by atoms with Crippen molar-refractivity contribution >= 4 is 11.9 Å². The van der Waals surface area contributed by atoms with Crippen LogP contribution in [0.5, 0.6) is 0 Å². The highest BCUT2D eigenvalue weighted by atomic mass is 16.7. The third-order valence-corrected chi connectivity index (χ3v) is 4.04. The number of hydrogen-bond donors (Lipinski definition) is 2. The summed E-state index contributed by atoms with van der Waals surface area (Å²) in [5.41, 5.74) is 6.75. The fourth-order valence-corrected chi connectivity index (χ4v) is 2.62. The fraction of sp³-hybridized carbons (Fsp3) is 0.263. The lowest BCUT2D eigenvalue weighted by Crippen LogP contribution is -2.44. The lowest BCUT2D eigenvalue weighted by atomic mass is 10.1. The molecular weight excluding hydrogens is 338 g/mol. The minimum atomic E-state index is -1.39. The molecule has 7 heteroatoms. The van der Waals surface area contributed by atoms with Gasteiger partial charge in [0.25, 0.3) is 0 Å². The van der Waals surface area contributed by atoms with Gasteiger partial charge in [0.2, 0.25) is 0 Å². The van der Waals surface area contributed by atoms with E-state index in [9.17, 15) is 14.7 Å². The van der Waals surface area contributed by atoms with E-state index in [1.54, 1.807) is 60.7 Å². The predicted molar refractivity (Wildman–Crippen MR) is 91.2 cm³/mol. The summed E-state index contributed by atoms with van der Waals surface area (Å²) in [4.78, 5) is 24.1. The molecule has 2 aromatic rings. The third-order valence-electron chi connectivity index (χ3n) is 4.04. The molecule has 7 nitrogen and oxygen atoms in total. The van der Waals surface area contributed by atoms with Crippen LogP contribution in [0.2, 0.25) is 0 Å². The summed E-state index contributed by atoms with van der Waals surface area (Å²) >= 11 is 0. The molecule has 0 aliphatic carbocycles. The van der Waals surface area contributed by atoms with Crippen LogP contribution < -0.4 is 5.73 Å². The van der Waals surface area contributed by atoms with Crippen molar-refractivity contribution in [3.8, 4) is 0 Å². The van der Waals surface area contributed by atoms with Gasteiger partial charge in [-0.2, -0.15) is 0 Å². The van der Waals surface area contributed by atoms with Crippen LogP contribution in [0.4, 0.5) is 0 Å². The van der Waals surface area contributed by atoms with E-state index in [2.05, 4.69) is 0 Å². The van der Waals surface area contributed by atoms with Crippen molar-refractivity contribution in [2.75, 3.05) is 6.61 Å². The number of aliphatic hydroxyl groups excluding tert-OH is 1. The zero-order chi connectivity index (χ0) is 18.5. The van der Waals surface area contributed by atoms with Crippen molar-refractivity contribution in [1.29, 1.82) is 0 Å². The molecule has 136 valence electrons. The zero-order valence-electron chi connectivity index (χ0n) is 13.9. The van der Waals surface area contributed by atoms with Gasteiger partial charge in [-0.1, -0.05) is 36.4 Å². The lowest BCUT2D eigenvalue weighted by molar-refractivity contribution is -0.135. The molecule has 1 fully saturated rings. The van der Waals surface area contributed by atoms with Gasteiger partial charge in [-0.05, 0) is 24.3 Å². The van der Waals surface area contributed by atoms with Crippen LogP contribution in [0.1, 0.15) is 20.7 Å². The number of aliphatic hydroxyl groups is 1. The Bertz CT molecular complexity index is 751. The molecule has 0 bridgehead atoms. The lowest BCUT2D eigenvalue weighted by Gasteiger charge is -2.19. The topological polar surface area (TPSA) is 108 Å². The Morgan fingerprint density at radius 1 is 0.962 bits per heavy atom. The Labute approximate surface area is 150 Å². The molecule has 4 atom stereocenters. The summed E-state index contributed by atoms with van der Waals surface area (Å²) in [6.45, 7) is -0.161. The maximum absolute atomic E-state index is 12.1. The standard InChI is InChI=1S/C19H19NO6/c20-15-14(11-24-17(21)12-7-3-1-4-8-12)25-19(23)16(15)26-18(22)13-9-5-2-6-10-13/h1-10,14-16,19,23H,11,20H2/t14-,15-,16-,19?/m1/s1. The molecule has 1 aliphatic heterocycles. The van der Waals surface area contributed by atoms with E-state index in [1.807, 2.05) is 0 Å². The summed E-state index contributed by atoms with van der Waals surface area (Å²) in [6, 6.07) is 16.0. The molecule has 1 aliphatic rings. The summed E-state index contributed by atoms with van der Waals surface area (Å²) in [7, 11) is 0. The van der Waals surface area contributed by atoms with E-state index < -0.39 is 36.5 Å². The molecule has 3 N–H and O–H groups in total. The highest BCUT2D eigenvalue weighted by Gasteiger charge is 2.45. The Hall–Kier alpha value is -2.74. The Kier molecular flexibility index (Phi) is 5.62. The van der Waals surface area contributed by atoms with Gasteiger partial charge in [-0.25, -0.2) is 9.59 Å². The summed E-state index contributed by atoms with van der Waals surface area (Å²) in [5, 5.41) is 9.99. The average Bonchev–Trinajstić information content (AvgIpc) is 2.95. The van der Waals surface area contributed by atoms with Gasteiger partial charge in [0.05, 0.1) is 17.2 Å². The van der Waals surface area contributed by atoms with Gasteiger partial charge in [0.15, 0.2) is 12.4 Å². The Morgan fingerprint density at radius 3 is 2.08 bits per heavy atom. The van der Waals surface area contributed by atoms with Crippen molar-refractivity contribution in [2.45, 2.75) is 24.5 Å². The molecule has 0 spiro atoms. The number of benzene rings is 2. The molecule has 3 rings (SSSR count). The van der Waals surface area contributed by atoms with Gasteiger partial charge in [-0.3, -0.25) is 0 Å². The highest BCUT2D eigenvalue weighted by molar-refractivity contribution is 5.89. The number of carbonyl (C=O) groups is 2. The molecule has 1 saturated heterocycles. The van der Waals surface area contributed by atoms with Crippen LogP contribution >= 0.6 is 0 Å². The third kappa shape index (κ3) is 4.08. The molecular formula is C19H19NO6. The van der Waals surface area contributed by atoms with Crippen LogP contribution in [0.3, 0.4) is 0 Å². The number of hydrogen-bond acceptors (Lipinski definition) is 7. The fourth-order valence-electron chi connectivity index (χ4n) is 2.62. The first kappa shape index (κ1) is 18.1. The van der Waals surface area contributed by atoms with Crippen LogP contribution in [0, 0.1) is 0 Å². The first-order valence-electron chi connectivity index (χ1n) is 8.13. The van der Waals surface area contributed by atoms with E-state index >= 15 is 0 Å². The van der Waals surface area contributed by atoms with E-state index in [4.69, 9.17) is 19.9 Å². The van der Waals surface area contributed by atoms with Gasteiger partial charge >= 0.3 is 11.9 Å². The van der Waals surface area contributed by atoms with Crippen LogP contribution in [-0.4, -0.2) is 48.2 Å². The molecule has 0 amide bonds. The van der Waals surface area contributed by atoms with Crippen molar-refractivity contribution in [1.82, 2.24) is 0 Å². The molecule has 0 saturated carbocycles. The quantitative estimate of drug-likeness (QED) is 0.772. The summed E-state index contributed by atoms with van der Waals surface area (Å²) in [6.07, 6.45) is -3.23. The first-order valence-corrected chi connectivity index (χ1v) is 8.13. The van der Waals surface area contributed by atoms with Crippen molar-refractivity contribution in [3.63, 3.8) is 0 Å². The largest absolute Gasteiger partial charge is 0.459 e. The molecule has 26 heavy (non-hydrogen) atoms. The second kappa shape index (κ2) is 8.09. The van der Waals surface area contributed by atoms with Crippen molar-refractivity contribution in [3.05, 3.63) is 71.8 Å². The molecule has 0 radical (unpaired) electrons. The van der Waals surface area contributed by atoms with Crippen molar-refractivity contribution in [2.24, 2.45) is 5.73 Å². The predicted octanol–water partition coefficient (Wildman–Crippen LogP) is 1.11. The number of ether oxygens (including phenoxy) is 3. The van der Waals surface area contributed by atoms with E-state index in [1.165, 1.54) is 0 Å². The normalized spacial score (nSPS) is 24.8. The average molecular weight is 357 g/mol. The Morgan fingerprint density at radius 2 is 1.50 bits per heavy atom. The summed E-state index contributed by atoms with van der Waals surface area (Å²) < 4.78 is 15.7. The number of carbonyl (C=O) groups excluding carboxylic acids is 2. The van der Waals surface area contributed by atoms with E-state index in [-0.39, 0.29) is 6.61 Å². The second-order valence-electron chi connectivity index (χ2n) is 5.84. The van der Waals surface area contributed by atoms with E-state index in [0.29, 0.717) is 11.1 Å². The van der Waals surface area contributed by atoms with Crippen molar-refractivity contribution < 1.29 is 28.9 Å². The van der Waals surface area contributed by atoms with Gasteiger partial charge < -0.3 is 25.1 Å². The molecule has 1 unspecified atom stereocenters. The monoisotopic (exact) mass is 357 g/mol. The highest BCUT2D eigenvalue weighted by Crippen LogP contribution is 2.23. The van der Waals surface area contributed by atoms with Crippen LogP contribution in [0.15, 0.2) is 60.7 Å².